The summed E-state index contributed by atoms with van der Waals surface area (Å²) in [6.07, 6.45) is 1.56. The van der Waals surface area contributed by atoms with E-state index in [-0.39, 0.29) is 5.91 Å². The lowest BCUT2D eigenvalue weighted by atomic mass is 10.1. The number of carbonyl (C=O) groups is 1. The number of thiocarbonyl (C=S) groups is 1. The van der Waals surface area contributed by atoms with E-state index >= 15 is 0 Å². The molecule has 0 bridgehead atoms. The summed E-state index contributed by atoms with van der Waals surface area (Å²) in [5, 5.41) is 0. The molecule has 4 heteroatoms. The predicted octanol–water partition coefficient (Wildman–Crippen LogP) is 3.16. The number of benzene rings is 1. The molecule has 3 nitrogen and oxygen atoms in total. The summed E-state index contributed by atoms with van der Waals surface area (Å²) >= 11 is 4.91. The molecule has 0 spiro atoms. The molecule has 0 heterocycles. The first-order valence-corrected chi connectivity index (χ1v) is 7.45. The van der Waals surface area contributed by atoms with Crippen LogP contribution in [0.2, 0.25) is 0 Å². The summed E-state index contributed by atoms with van der Waals surface area (Å²) in [6, 6.07) is 7.69. The van der Waals surface area contributed by atoms with Crippen molar-refractivity contribution in [2.24, 2.45) is 11.7 Å². The minimum Gasteiger partial charge on any atom is -0.393 e. The van der Waals surface area contributed by atoms with E-state index in [1.807, 2.05) is 36.1 Å². The second kappa shape index (κ2) is 8.00. The van der Waals surface area contributed by atoms with E-state index < -0.39 is 0 Å². The number of hydrogen-bond acceptors (Lipinski definition) is 2. The fraction of sp³-hybridized carbons (Fsp3) is 0.500. The van der Waals surface area contributed by atoms with Crippen LogP contribution in [0, 0.1) is 12.8 Å². The van der Waals surface area contributed by atoms with Crippen LogP contribution in [0.5, 0.6) is 0 Å². The molecule has 0 atom stereocenters. The van der Waals surface area contributed by atoms with E-state index in [0.29, 0.717) is 23.9 Å². The van der Waals surface area contributed by atoms with Gasteiger partial charge in [-0.2, -0.15) is 0 Å². The van der Waals surface area contributed by atoms with Gasteiger partial charge in [0.25, 0.3) is 5.91 Å². The van der Waals surface area contributed by atoms with Gasteiger partial charge in [0, 0.05) is 25.1 Å². The molecular weight excluding hydrogens is 268 g/mol. The second-order valence-electron chi connectivity index (χ2n) is 5.56. The summed E-state index contributed by atoms with van der Waals surface area (Å²) in [4.78, 5) is 14.9. The molecule has 0 aromatic heterocycles. The Balaban J connectivity index is 2.79. The van der Waals surface area contributed by atoms with Crippen molar-refractivity contribution < 1.29 is 4.79 Å². The average molecular weight is 292 g/mol. The van der Waals surface area contributed by atoms with Crippen molar-refractivity contribution in [3.05, 3.63) is 35.4 Å². The smallest absolute Gasteiger partial charge is 0.253 e. The second-order valence-corrected chi connectivity index (χ2v) is 6.08. The molecule has 110 valence electrons. The lowest BCUT2D eigenvalue weighted by molar-refractivity contribution is 0.0753. The zero-order valence-corrected chi connectivity index (χ0v) is 13.4. The Morgan fingerprint density at radius 3 is 2.60 bits per heavy atom. The molecular formula is C16H24N2OS. The summed E-state index contributed by atoms with van der Waals surface area (Å²) < 4.78 is 0. The van der Waals surface area contributed by atoms with Crippen molar-refractivity contribution in [3.63, 3.8) is 0 Å². The maximum atomic E-state index is 12.6. The summed E-state index contributed by atoms with van der Waals surface area (Å²) in [7, 11) is 0. The Bertz CT molecular complexity index is 471. The highest BCUT2D eigenvalue weighted by atomic mass is 32.1. The molecule has 1 aromatic carbocycles. The molecule has 0 aliphatic rings. The minimum atomic E-state index is 0.0607. The third kappa shape index (κ3) is 5.70. The van der Waals surface area contributed by atoms with Crippen LogP contribution in [0.3, 0.4) is 0 Å². The monoisotopic (exact) mass is 292 g/mol. The first-order chi connectivity index (χ1) is 9.40. The van der Waals surface area contributed by atoms with Gasteiger partial charge in [0.1, 0.15) is 0 Å². The van der Waals surface area contributed by atoms with Gasteiger partial charge in [0.2, 0.25) is 0 Å². The lowest BCUT2D eigenvalue weighted by Gasteiger charge is -2.23. The molecule has 0 saturated heterocycles. The number of nitrogens with two attached hydrogens (primary N) is 1. The van der Waals surface area contributed by atoms with Crippen LogP contribution in [0.4, 0.5) is 0 Å². The average Bonchev–Trinajstić information content (AvgIpc) is 2.37. The molecule has 0 fully saturated rings. The first-order valence-electron chi connectivity index (χ1n) is 7.04. The van der Waals surface area contributed by atoms with Gasteiger partial charge in [-0.15, -0.1) is 0 Å². The Hall–Kier alpha value is -1.42. The Morgan fingerprint density at radius 1 is 1.35 bits per heavy atom. The Labute approximate surface area is 127 Å². The number of rotatable bonds is 7. The highest BCUT2D eigenvalue weighted by molar-refractivity contribution is 7.80. The first kappa shape index (κ1) is 16.6. The third-order valence-corrected chi connectivity index (χ3v) is 3.36. The molecule has 1 amide bonds. The van der Waals surface area contributed by atoms with Gasteiger partial charge in [-0.25, -0.2) is 0 Å². The number of aryl methyl sites for hydroxylation is 1. The van der Waals surface area contributed by atoms with Gasteiger partial charge in [0.15, 0.2) is 0 Å². The van der Waals surface area contributed by atoms with Gasteiger partial charge in [0.05, 0.1) is 4.99 Å². The zero-order chi connectivity index (χ0) is 15.1. The van der Waals surface area contributed by atoms with E-state index in [4.69, 9.17) is 18.0 Å². The molecule has 20 heavy (non-hydrogen) atoms. The summed E-state index contributed by atoms with van der Waals surface area (Å²) in [5.74, 6) is 0.623. The molecule has 0 saturated carbocycles. The molecule has 2 N–H and O–H groups in total. The molecule has 0 radical (unpaired) electrons. The fourth-order valence-corrected chi connectivity index (χ4v) is 2.03. The zero-order valence-electron chi connectivity index (χ0n) is 12.6. The molecule has 0 aliphatic carbocycles. The van der Waals surface area contributed by atoms with Gasteiger partial charge in [-0.3, -0.25) is 4.79 Å². The number of hydrogen-bond donors (Lipinski definition) is 1. The van der Waals surface area contributed by atoms with Crippen LogP contribution >= 0.6 is 12.2 Å². The normalized spacial score (nSPS) is 10.6. The quantitative estimate of drug-likeness (QED) is 0.785. The topological polar surface area (TPSA) is 46.3 Å². The Kier molecular flexibility index (Phi) is 6.65. The van der Waals surface area contributed by atoms with Crippen molar-refractivity contribution in [2.75, 3.05) is 13.1 Å². The van der Waals surface area contributed by atoms with E-state index in [0.717, 1.165) is 24.1 Å². The van der Waals surface area contributed by atoms with Crippen LogP contribution in [0.25, 0.3) is 0 Å². The highest BCUT2D eigenvalue weighted by Crippen LogP contribution is 2.11. The van der Waals surface area contributed by atoms with Gasteiger partial charge in [-0.1, -0.05) is 43.8 Å². The van der Waals surface area contributed by atoms with Crippen molar-refractivity contribution in [2.45, 2.75) is 33.6 Å². The van der Waals surface area contributed by atoms with Gasteiger partial charge in [-0.05, 0) is 31.4 Å². The van der Waals surface area contributed by atoms with Crippen LogP contribution in [0.1, 0.15) is 42.6 Å². The standard InChI is InChI=1S/C16H24N2OS/c1-12(2)7-9-18(10-8-15(17)20)16(19)14-6-4-5-13(3)11-14/h4-6,11-12H,7-10H2,1-3H3,(H2,17,20). The Morgan fingerprint density at radius 2 is 2.05 bits per heavy atom. The van der Waals surface area contributed by atoms with Crippen molar-refractivity contribution in [3.8, 4) is 0 Å². The third-order valence-electron chi connectivity index (χ3n) is 3.16. The SMILES string of the molecule is Cc1cccc(C(=O)N(CCC(N)=S)CCC(C)C)c1. The number of nitrogens with zero attached hydrogens (tertiary/aromatic N) is 1. The molecule has 0 aliphatic heterocycles. The molecule has 1 rings (SSSR count). The predicted molar refractivity (Wildman–Crippen MR) is 87.9 cm³/mol. The van der Waals surface area contributed by atoms with Gasteiger partial charge < -0.3 is 10.6 Å². The summed E-state index contributed by atoms with van der Waals surface area (Å²) in [6.45, 7) is 7.64. The van der Waals surface area contributed by atoms with Crippen LogP contribution in [-0.2, 0) is 0 Å². The molecule has 0 unspecified atom stereocenters. The minimum absolute atomic E-state index is 0.0607. The molecule has 1 aromatic rings. The van der Waals surface area contributed by atoms with E-state index in [9.17, 15) is 4.79 Å². The van der Waals surface area contributed by atoms with E-state index in [2.05, 4.69) is 13.8 Å². The van der Waals surface area contributed by atoms with Crippen LogP contribution < -0.4 is 5.73 Å². The fourth-order valence-electron chi connectivity index (χ4n) is 1.93. The van der Waals surface area contributed by atoms with Crippen LogP contribution in [0.15, 0.2) is 24.3 Å². The van der Waals surface area contributed by atoms with Crippen molar-refractivity contribution >= 4 is 23.1 Å². The maximum Gasteiger partial charge on any atom is 0.253 e. The van der Waals surface area contributed by atoms with Gasteiger partial charge >= 0.3 is 0 Å². The van der Waals surface area contributed by atoms with E-state index in [1.165, 1.54) is 0 Å². The maximum absolute atomic E-state index is 12.6. The lowest BCUT2D eigenvalue weighted by Crippen LogP contribution is -2.35. The van der Waals surface area contributed by atoms with Crippen LogP contribution in [-0.4, -0.2) is 28.9 Å². The summed E-state index contributed by atoms with van der Waals surface area (Å²) in [5.41, 5.74) is 7.38. The largest absolute Gasteiger partial charge is 0.393 e. The van der Waals surface area contributed by atoms with E-state index in [1.54, 1.807) is 0 Å². The number of amides is 1. The highest BCUT2D eigenvalue weighted by Gasteiger charge is 2.16. The van der Waals surface area contributed by atoms with Crippen molar-refractivity contribution in [1.82, 2.24) is 4.90 Å². The number of carbonyl (C=O) groups excluding carboxylic acids is 1. The van der Waals surface area contributed by atoms with Crippen molar-refractivity contribution in [1.29, 1.82) is 0 Å².